The van der Waals surface area contributed by atoms with Crippen molar-refractivity contribution in [3.63, 3.8) is 0 Å². The Bertz CT molecular complexity index is 825. The lowest BCUT2D eigenvalue weighted by molar-refractivity contribution is 0.102. The van der Waals surface area contributed by atoms with E-state index in [1.165, 1.54) is 0 Å². The number of carbonyl (C=O) groups excluding carboxylic acids is 1. The molecule has 0 saturated carbocycles. The van der Waals surface area contributed by atoms with Crippen LogP contribution in [0.15, 0.2) is 60.7 Å². The number of fused-ring (bicyclic) bond motifs is 1. The zero-order valence-electron chi connectivity index (χ0n) is 12.0. The molecule has 0 unspecified atom stereocenters. The van der Waals surface area contributed by atoms with E-state index in [9.17, 15) is 9.90 Å². The number of aromatic hydroxyl groups is 1. The molecule has 0 aliphatic carbocycles. The number of methoxy groups -OCH3 is 1. The Morgan fingerprint density at radius 1 is 1.00 bits per heavy atom. The number of ether oxygens (including phenoxy) is 1. The molecule has 4 heteroatoms. The van der Waals surface area contributed by atoms with Crippen LogP contribution < -0.4 is 10.1 Å². The summed E-state index contributed by atoms with van der Waals surface area (Å²) in [5, 5.41) is 14.6. The number of phenols is 1. The molecule has 0 aliphatic rings. The van der Waals surface area contributed by atoms with Crippen LogP contribution in [0.2, 0.25) is 0 Å². The number of hydrogen-bond acceptors (Lipinski definition) is 3. The number of amides is 1. The van der Waals surface area contributed by atoms with E-state index < -0.39 is 0 Å². The molecule has 0 radical (unpaired) electrons. The molecule has 0 bridgehead atoms. The number of rotatable bonds is 3. The average molecular weight is 293 g/mol. The van der Waals surface area contributed by atoms with Crippen LogP contribution in [0.3, 0.4) is 0 Å². The van der Waals surface area contributed by atoms with Crippen molar-refractivity contribution in [1.82, 2.24) is 0 Å². The van der Waals surface area contributed by atoms with Gasteiger partial charge >= 0.3 is 0 Å². The highest BCUT2D eigenvalue weighted by Gasteiger charge is 2.13. The molecule has 0 aromatic heterocycles. The van der Waals surface area contributed by atoms with Gasteiger partial charge in [-0.1, -0.05) is 30.3 Å². The minimum atomic E-state index is -0.353. The summed E-state index contributed by atoms with van der Waals surface area (Å²) in [7, 11) is 1.58. The second-order valence-electron chi connectivity index (χ2n) is 4.87. The van der Waals surface area contributed by atoms with E-state index in [2.05, 4.69) is 5.32 Å². The van der Waals surface area contributed by atoms with E-state index in [4.69, 9.17) is 4.74 Å². The largest absolute Gasteiger partial charge is 0.506 e. The van der Waals surface area contributed by atoms with E-state index in [-0.39, 0.29) is 17.2 Å². The third-order valence-corrected chi connectivity index (χ3v) is 3.49. The number of carbonyl (C=O) groups is 1. The van der Waals surface area contributed by atoms with Gasteiger partial charge in [0.25, 0.3) is 5.91 Å². The van der Waals surface area contributed by atoms with Gasteiger partial charge in [-0.3, -0.25) is 4.79 Å². The van der Waals surface area contributed by atoms with Crippen LogP contribution in [0, 0.1) is 0 Å². The van der Waals surface area contributed by atoms with E-state index in [0.717, 1.165) is 5.39 Å². The Morgan fingerprint density at radius 3 is 2.45 bits per heavy atom. The Labute approximate surface area is 128 Å². The lowest BCUT2D eigenvalue weighted by Crippen LogP contribution is -2.12. The molecule has 1 amide bonds. The zero-order valence-corrected chi connectivity index (χ0v) is 12.0. The number of phenolic OH excluding ortho intramolecular Hbond substituents is 1. The molecule has 22 heavy (non-hydrogen) atoms. The van der Waals surface area contributed by atoms with E-state index in [1.54, 1.807) is 43.5 Å². The molecule has 4 nitrogen and oxygen atoms in total. The van der Waals surface area contributed by atoms with Gasteiger partial charge in [-0.05, 0) is 35.7 Å². The van der Waals surface area contributed by atoms with Crippen LogP contribution in [-0.2, 0) is 0 Å². The van der Waals surface area contributed by atoms with Crippen molar-refractivity contribution in [3.8, 4) is 11.5 Å². The molecule has 0 heterocycles. The average Bonchev–Trinajstić information content (AvgIpc) is 2.56. The molecular weight excluding hydrogens is 278 g/mol. The quantitative estimate of drug-likeness (QED) is 0.772. The summed E-state index contributed by atoms with van der Waals surface area (Å²) < 4.78 is 5.07. The van der Waals surface area contributed by atoms with Crippen LogP contribution >= 0.6 is 0 Å². The van der Waals surface area contributed by atoms with Gasteiger partial charge in [-0.2, -0.15) is 0 Å². The van der Waals surface area contributed by atoms with Crippen LogP contribution in [0.1, 0.15) is 10.4 Å². The van der Waals surface area contributed by atoms with Crippen LogP contribution in [0.25, 0.3) is 10.8 Å². The molecule has 0 saturated heterocycles. The highest BCUT2D eigenvalue weighted by molar-refractivity contribution is 6.09. The molecule has 110 valence electrons. The Kier molecular flexibility index (Phi) is 3.66. The van der Waals surface area contributed by atoms with E-state index in [1.807, 2.05) is 24.3 Å². The molecule has 2 N–H and O–H groups in total. The van der Waals surface area contributed by atoms with Crippen molar-refractivity contribution < 1.29 is 14.6 Å². The molecule has 0 spiro atoms. The minimum absolute atomic E-state index is 0.0101. The minimum Gasteiger partial charge on any atom is -0.506 e. The van der Waals surface area contributed by atoms with Crippen molar-refractivity contribution in [2.45, 2.75) is 0 Å². The number of nitrogens with one attached hydrogen (secondary N) is 1. The molecule has 3 aromatic carbocycles. The Morgan fingerprint density at radius 2 is 1.73 bits per heavy atom. The maximum atomic E-state index is 12.3. The SMILES string of the molecule is COc1ccc(NC(=O)c2ccc3ccccc3c2O)cc1. The Hall–Kier alpha value is -3.01. The summed E-state index contributed by atoms with van der Waals surface area (Å²) in [5.74, 6) is 0.351. The van der Waals surface area contributed by atoms with Gasteiger partial charge in [0.1, 0.15) is 11.5 Å². The van der Waals surface area contributed by atoms with Crippen LogP contribution in [-0.4, -0.2) is 18.1 Å². The first-order valence-corrected chi connectivity index (χ1v) is 6.85. The second kappa shape index (κ2) is 5.77. The topological polar surface area (TPSA) is 58.6 Å². The first kappa shape index (κ1) is 13.9. The van der Waals surface area contributed by atoms with Crippen LogP contribution in [0.5, 0.6) is 11.5 Å². The fraction of sp³-hybridized carbons (Fsp3) is 0.0556. The summed E-state index contributed by atoms with van der Waals surface area (Å²) >= 11 is 0. The monoisotopic (exact) mass is 293 g/mol. The highest BCUT2D eigenvalue weighted by atomic mass is 16.5. The number of hydrogen-bond donors (Lipinski definition) is 2. The number of anilines is 1. The predicted octanol–water partition coefficient (Wildman–Crippen LogP) is 3.81. The van der Waals surface area contributed by atoms with Gasteiger partial charge in [-0.15, -0.1) is 0 Å². The lowest BCUT2D eigenvalue weighted by atomic mass is 10.0. The smallest absolute Gasteiger partial charge is 0.259 e. The summed E-state index contributed by atoms with van der Waals surface area (Å²) in [6, 6.07) is 17.8. The van der Waals surface area contributed by atoms with Crippen molar-refractivity contribution in [2.75, 3.05) is 12.4 Å². The molecule has 0 atom stereocenters. The summed E-state index contributed by atoms with van der Waals surface area (Å²) in [4.78, 5) is 12.3. The maximum absolute atomic E-state index is 12.3. The van der Waals surface area contributed by atoms with Gasteiger partial charge in [0, 0.05) is 11.1 Å². The van der Waals surface area contributed by atoms with Gasteiger partial charge < -0.3 is 15.2 Å². The molecule has 0 fully saturated rings. The Balaban J connectivity index is 1.89. The van der Waals surface area contributed by atoms with Gasteiger partial charge in [0.15, 0.2) is 0 Å². The maximum Gasteiger partial charge on any atom is 0.259 e. The van der Waals surface area contributed by atoms with E-state index in [0.29, 0.717) is 16.8 Å². The highest BCUT2D eigenvalue weighted by Crippen LogP contribution is 2.29. The molecule has 3 aromatic rings. The zero-order chi connectivity index (χ0) is 15.5. The van der Waals surface area contributed by atoms with E-state index >= 15 is 0 Å². The van der Waals surface area contributed by atoms with Gasteiger partial charge in [0.05, 0.1) is 12.7 Å². The number of benzene rings is 3. The molecule has 3 rings (SSSR count). The lowest BCUT2D eigenvalue weighted by Gasteiger charge is -2.09. The normalized spacial score (nSPS) is 10.4. The first-order chi connectivity index (χ1) is 10.7. The summed E-state index contributed by atoms with van der Waals surface area (Å²) in [6.45, 7) is 0. The first-order valence-electron chi connectivity index (χ1n) is 6.85. The fourth-order valence-corrected chi connectivity index (χ4v) is 2.31. The fourth-order valence-electron chi connectivity index (χ4n) is 2.31. The third-order valence-electron chi connectivity index (χ3n) is 3.49. The van der Waals surface area contributed by atoms with Crippen LogP contribution in [0.4, 0.5) is 5.69 Å². The molecular formula is C18H15NO3. The standard InChI is InChI=1S/C18H15NO3/c1-22-14-9-7-13(8-10-14)19-18(21)16-11-6-12-4-2-3-5-15(12)17(16)20/h2-11,20H,1H3,(H,19,21). The van der Waals surface area contributed by atoms with Gasteiger partial charge in [0.2, 0.25) is 0 Å². The van der Waals surface area contributed by atoms with Crippen molar-refractivity contribution in [2.24, 2.45) is 0 Å². The second-order valence-corrected chi connectivity index (χ2v) is 4.87. The predicted molar refractivity (Wildman–Crippen MR) is 86.6 cm³/mol. The third kappa shape index (κ3) is 2.59. The van der Waals surface area contributed by atoms with Crippen molar-refractivity contribution in [3.05, 3.63) is 66.2 Å². The molecule has 0 aliphatic heterocycles. The van der Waals surface area contributed by atoms with Crippen molar-refractivity contribution >= 4 is 22.4 Å². The van der Waals surface area contributed by atoms with Gasteiger partial charge in [-0.25, -0.2) is 0 Å². The van der Waals surface area contributed by atoms with Crippen molar-refractivity contribution in [1.29, 1.82) is 0 Å². The summed E-state index contributed by atoms with van der Waals surface area (Å²) in [5.41, 5.74) is 0.882. The summed E-state index contributed by atoms with van der Waals surface area (Å²) in [6.07, 6.45) is 0.